The summed E-state index contributed by atoms with van der Waals surface area (Å²) in [6, 6.07) is 5.20. The van der Waals surface area contributed by atoms with E-state index in [0.29, 0.717) is 37.4 Å². The zero-order valence-electron chi connectivity index (χ0n) is 14.0. The van der Waals surface area contributed by atoms with Crippen LogP contribution in [0.1, 0.15) is 25.3 Å². The van der Waals surface area contributed by atoms with Crippen molar-refractivity contribution in [2.24, 2.45) is 5.92 Å². The van der Waals surface area contributed by atoms with Crippen molar-refractivity contribution in [2.75, 3.05) is 30.7 Å². The highest BCUT2D eigenvalue weighted by Gasteiger charge is 2.32. The number of aryl methyl sites for hydroxylation is 1. The monoisotopic (exact) mass is 333 g/mol. The van der Waals surface area contributed by atoms with E-state index >= 15 is 0 Å². The van der Waals surface area contributed by atoms with Gasteiger partial charge in [0.1, 0.15) is 0 Å². The van der Waals surface area contributed by atoms with Crippen molar-refractivity contribution in [3.05, 3.63) is 23.8 Å². The Morgan fingerprint density at radius 2 is 2.12 bits per heavy atom. The molecule has 130 valence electrons. The fourth-order valence-electron chi connectivity index (χ4n) is 2.71. The molecular weight excluding hydrogens is 310 g/mol. The molecule has 0 spiro atoms. The molecule has 1 aromatic carbocycles. The lowest BCUT2D eigenvalue weighted by Crippen LogP contribution is -2.47. The summed E-state index contributed by atoms with van der Waals surface area (Å²) in [6.07, 6.45) is 1.32. The third-order valence-corrected chi connectivity index (χ3v) is 3.98. The average Bonchev–Trinajstić information content (AvgIpc) is 2.57. The number of amides is 2. The zero-order chi connectivity index (χ0) is 17.7. The van der Waals surface area contributed by atoms with Gasteiger partial charge in [0, 0.05) is 13.1 Å². The van der Waals surface area contributed by atoms with Crippen LogP contribution in [0.3, 0.4) is 0 Å². The molecular formula is C17H23N3O4. The smallest absolute Gasteiger partial charge is 0.313 e. The molecule has 7 nitrogen and oxygen atoms in total. The Morgan fingerprint density at radius 3 is 2.83 bits per heavy atom. The average molecular weight is 333 g/mol. The third kappa shape index (κ3) is 4.24. The van der Waals surface area contributed by atoms with E-state index in [1.807, 2.05) is 13.0 Å². The predicted octanol–water partition coefficient (Wildman–Crippen LogP) is 1.32. The molecule has 0 radical (unpaired) electrons. The number of hydrogen-bond donors (Lipinski definition) is 2. The number of hydrogen-bond acceptors (Lipinski definition) is 5. The van der Waals surface area contributed by atoms with Crippen LogP contribution in [0, 0.1) is 12.8 Å². The van der Waals surface area contributed by atoms with Crippen molar-refractivity contribution >= 4 is 29.2 Å². The summed E-state index contributed by atoms with van der Waals surface area (Å²) in [5.41, 5.74) is 7.54. The second-order valence-corrected chi connectivity index (χ2v) is 5.89. The molecule has 1 aliphatic rings. The molecule has 3 N–H and O–H groups in total. The molecule has 0 bridgehead atoms. The van der Waals surface area contributed by atoms with E-state index < -0.39 is 11.8 Å². The van der Waals surface area contributed by atoms with Crippen molar-refractivity contribution in [1.29, 1.82) is 0 Å². The maximum Gasteiger partial charge on any atom is 0.313 e. The topological polar surface area (TPSA) is 102 Å². The molecule has 0 saturated carbocycles. The van der Waals surface area contributed by atoms with E-state index in [-0.39, 0.29) is 18.4 Å². The van der Waals surface area contributed by atoms with Crippen LogP contribution in [0.15, 0.2) is 18.2 Å². The van der Waals surface area contributed by atoms with E-state index in [4.69, 9.17) is 10.5 Å². The first-order chi connectivity index (χ1) is 11.4. The number of benzene rings is 1. The standard InChI is InChI=1S/C17H23N3O4/c1-3-24-17(23)12-5-4-8-20(10-12)16(22)15(21)19-14-9-11(2)6-7-13(14)18/h6-7,9,12H,3-5,8,10,18H2,1-2H3,(H,19,21). The maximum absolute atomic E-state index is 12.3. The van der Waals surface area contributed by atoms with Gasteiger partial charge in [-0.1, -0.05) is 6.07 Å². The van der Waals surface area contributed by atoms with E-state index in [2.05, 4.69) is 5.32 Å². The van der Waals surface area contributed by atoms with Crippen LogP contribution in [0.5, 0.6) is 0 Å². The summed E-state index contributed by atoms with van der Waals surface area (Å²) in [5.74, 6) is -2.11. The van der Waals surface area contributed by atoms with E-state index in [1.165, 1.54) is 4.90 Å². The van der Waals surface area contributed by atoms with Crippen molar-refractivity contribution < 1.29 is 19.1 Å². The maximum atomic E-state index is 12.3. The minimum atomic E-state index is -0.753. The number of nitrogens with two attached hydrogens (primary N) is 1. The minimum Gasteiger partial charge on any atom is -0.466 e. The second-order valence-electron chi connectivity index (χ2n) is 5.89. The zero-order valence-corrected chi connectivity index (χ0v) is 14.0. The van der Waals surface area contributed by atoms with Crippen molar-refractivity contribution in [3.8, 4) is 0 Å². The lowest BCUT2D eigenvalue weighted by atomic mass is 9.98. The molecule has 1 heterocycles. The lowest BCUT2D eigenvalue weighted by Gasteiger charge is -2.31. The molecule has 1 unspecified atom stereocenters. The molecule has 0 aliphatic carbocycles. The summed E-state index contributed by atoms with van der Waals surface area (Å²) in [4.78, 5) is 37.8. The Hall–Kier alpha value is -2.57. The van der Waals surface area contributed by atoms with E-state index in [0.717, 1.165) is 5.56 Å². The Balaban J connectivity index is 2.01. The van der Waals surface area contributed by atoms with Gasteiger partial charge in [0.25, 0.3) is 0 Å². The van der Waals surface area contributed by atoms with Crippen LogP contribution >= 0.6 is 0 Å². The van der Waals surface area contributed by atoms with Crippen LogP contribution in [-0.2, 0) is 19.1 Å². The second kappa shape index (κ2) is 7.81. The number of piperidine rings is 1. The van der Waals surface area contributed by atoms with Crippen LogP contribution < -0.4 is 11.1 Å². The number of nitrogens with one attached hydrogen (secondary N) is 1. The van der Waals surface area contributed by atoms with Gasteiger partial charge in [-0.2, -0.15) is 0 Å². The highest BCUT2D eigenvalue weighted by atomic mass is 16.5. The molecule has 1 fully saturated rings. The fraction of sp³-hybridized carbons (Fsp3) is 0.471. The van der Waals surface area contributed by atoms with Crippen LogP contribution in [0.25, 0.3) is 0 Å². The largest absolute Gasteiger partial charge is 0.466 e. The number of esters is 1. The number of nitrogen functional groups attached to an aromatic ring is 1. The quantitative estimate of drug-likeness (QED) is 0.493. The summed E-state index contributed by atoms with van der Waals surface area (Å²) >= 11 is 0. The molecule has 24 heavy (non-hydrogen) atoms. The number of carbonyl (C=O) groups is 3. The number of rotatable bonds is 3. The number of nitrogens with zero attached hydrogens (tertiary/aromatic N) is 1. The molecule has 1 aromatic rings. The highest BCUT2D eigenvalue weighted by molar-refractivity contribution is 6.39. The summed E-state index contributed by atoms with van der Waals surface area (Å²) in [5, 5.41) is 2.55. The Labute approximate surface area is 141 Å². The fourth-order valence-corrected chi connectivity index (χ4v) is 2.71. The molecule has 7 heteroatoms. The van der Waals surface area contributed by atoms with Crippen LogP contribution in [0.4, 0.5) is 11.4 Å². The number of carbonyl (C=O) groups excluding carboxylic acids is 3. The summed E-state index contributed by atoms with van der Waals surface area (Å²) < 4.78 is 5.00. The van der Waals surface area contributed by atoms with E-state index in [1.54, 1.807) is 19.1 Å². The highest BCUT2D eigenvalue weighted by Crippen LogP contribution is 2.21. The van der Waals surface area contributed by atoms with Gasteiger partial charge in [-0.15, -0.1) is 0 Å². The van der Waals surface area contributed by atoms with Gasteiger partial charge >= 0.3 is 17.8 Å². The first kappa shape index (κ1) is 17.8. The predicted molar refractivity (Wildman–Crippen MR) is 90.2 cm³/mol. The molecule has 2 amide bonds. The molecule has 2 rings (SSSR count). The molecule has 0 aromatic heterocycles. The first-order valence-electron chi connectivity index (χ1n) is 8.05. The van der Waals surface area contributed by atoms with Gasteiger partial charge < -0.3 is 20.7 Å². The van der Waals surface area contributed by atoms with Gasteiger partial charge in [-0.25, -0.2) is 0 Å². The normalized spacial score (nSPS) is 17.2. The van der Waals surface area contributed by atoms with Crippen molar-refractivity contribution in [2.45, 2.75) is 26.7 Å². The van der Waals surface area contributed by atoms with Gasteiger partial charge in [-0.05, 0) is 44.4 Å². The SMILES string of the molecule is CCOC(=O)C1CCCN(C(=O)C(=O)Nc2cc(C)ccc2N)C1. The van der Waals surface area contributed by atoms with Crippen LogP contribution in [0.2, 0.25) is 0 Å². The van der Waals surface area contributed by atoms with Gasteiger partial charge in [0.2, 0.25) is 0 Å². The third-order valence-electron chi connectivity index (χ3n) is 3.98. The minimum absolute atomic E-state index is 0.203. The lowest BCUT2D eigenvalue weighted by molar-refractivity contribution is -0.153. The number of likely N-dealkylation sites (tertiary alicyclic amines) is 1. The molecule has 1 aliphatic heterocycles. The first-order valence-corrected chi connectivity index (χ1v) is 8.05. The molecule has 1 saturated heterocycles. The Kier molecular flexibility index (Phi) is 5.78. The number of ether oxygens (including phenoxy) is 1. The summed E-state index contributed by atoms with van der Waals surface area (Å²) in [7, 11) is 0. The summed E-state index contributed by atoms with van der Waals surface area (Å²) in [6.45, 7) is 4.56. The van der Waals surface area contributed by atoms with Crippen molar-refractivity contribution in [1.82, 2.24) is 4.90 Å². The Morgan fingerprint density at radius 1 is 1.38 bits per heavy atom. The van der Waals surface area contributed by atoms with Gasteiger partial charge in [0.05, 0.1) is 23.9 Å². The molecule has 1 atom stereocenters. The van der Waals surface area contributed by atoms with Gasteiger partial charge in [0.15, 0.2) is 0 Å². The van der Waals surface area contributed by atoms with Crippen LogP contribution in [-0.4, -0.2) is 42.4 Å². The Bertz CT molecular complexity index is 645. The van der Waals surface area contributed by atoms with Gasteiger partial charge in [-0.3, -0.25) is 14.4 Å². The van der Waals surface area contributed by atoms with E-state index in [9.17, 15) is 14.4 Å². The number of anilines is 2. The van der Waals surface area contributed by atoms with Crippen molar-refractivity contribution in [3.63, 3.8) is 0 Å².